The Balaban J connectivity index is 1.66. The van der Waals surface area contributed by atoms with Crippen LogP contribution in [0.1, 0.15) is 100 Å². The van der Waals surface area contributed by atoms with Gasteiger partial charge in [0.1, 0.15) is 0 Å². The van der Waals surface area contributed by atoms with Crippen LogP contribution in [0.3, 0.4) is 0 Å². The average molecular weight is 441 g/mol. The summed E-state index contributed by atoms with van der Waals surface area (Å²) in [6.07, 6.45) is 14.4. The molecule has 0 saturated heterocycles. The molecule has 2 fully saturated rings. The van der Waals surface area contributed by atoms with E-state index in [2.05, 4.69) is 67.5 Å². The minimum Gasteiger partial charge on any atom is -0.393 e. The van der Waals surface area contributed by atoms with Gasteiger partial charge in [-0.05, 0) is 109 Å². The number of rotatable bonds is 4. The molecule has 0 bridgehead atoms. The van der Waals surface area contributed by atoms with E-state index in [0.29, 0.717) is 17.8 Å². The number of fused-ring (bicyclic) bond motifs is 5. The summed E-state index contributed by atoms with van der Waals surface area (Å²) in [5, 5.41) is 21.4. The van der Waals surface area contributed by atoms with E-state index in [1.165, 1.54) is 18.4 Å². The van der Waals surface area contributed by atoms with Crippen LogP contribution in [0.25, 0.3) is 0 Å². The zero-order valence-electron chi connectivity index (χ0n) is 22.0. The fraction of sp³-hybridized carbons (Fsp3) is 0.800. The highest BCUT2D eigenvalue weighted by Gasteiger charge is 2.63. The summed E-state index contributed by atoms with van der Waals surface area (Å²) < 4.78 is 0. The molecule has 32 heavy (non-hydrogen) atoms. The van der Waals surface area contributed by atoms with Gasteiger partial charge >= 0.3 is 0 Å². The third-order valence-electron chi connectivity index (χ3n) is 11.1. The second kappa shape index (κ2) is 7.84. The number of aliphatic hydroxyl groups is 2. The third kappa shape index (κ3) is 3.34. The summed E-state index contributed by atoms with van der Waals surface area (Å²) in [6, 6.07) is 0. The maximum atomic E-state index is 10.8. The maximum Gasteiger partial charge on any atom is 0.0726 e. The van der Waals surface area contributed by atoms with Crippen LogP contribution in [0.5, 0.6) is 0 Å². The monoisotopic (exact) mass is 440 g/mol. The Morgan fingerprint density at radius 1 is 1.06 bits per heavy atom. The van der Waals surface area contributed by atoms with Gasteiger partial charge in [0, 0.05) is 0 Å². The molecule has 0 heterocycles. The number of aliphatic hydroxyl groups excluding tert-OH is 2. The molecule has 0 aromatic heterocycles. The molecule has 0 amide bonds. The molecule has 2 heteroatoms. The lowest BCUT2D eigenvalue weighted by atomic mass is 9.44. The standard InChI is InChI=1S/C30H48O2/c1-19(2)17-21(31)18-20(3)22-11-15-30(8)24-9-10-25-27(4,5)26(32)13-14-28(25,6)23(24)12-16-29(22,30)7/h9,12,17,20-22,25-26,31-32H,10-11,13-16,18H2,1-8H3/t20-,21-,22-,25-,26-,28-,29-,30+/m1/s1. The molecule has 0 radical (unpaired) electrons. The lowest BCUT2D eigenvalue weighted by Gasteiger charge is -2.61. The van der Waals surface area contributed by atoms with Crippen molar-refractivity contribution in [2.45, 2.75) is 113 Å². The SMILES string of the molecule is CC(C)=C[C@@H](O)C[C@@H](C)[C@H]1CC[C@@]2(C)C3=CC[C@@H]4C(C)(C)[C@H](O)CC[C@]4(C)C3=CC[C@]12C. The Morgan fingerprint density at radius 3 is 2.41 bits per heavy atom. The normalized spacial score (nSPS) is 44.4. The number of hydrogen-bond donors (Lipinski definition) is 2. The van der Waals surface area contributed by atoms with Gasteiger partial charge in [0.2, 0.25) is 0 Å². The van der Waals surface area contributed by atoms with Crippen molar-refractivity contribution >= 4 is 0 Å². The lowest BCUT2D eigenvalue weighted by Crippen LogP contribution is -2.54. The van der Waals surface area contributed by atoms with Crippen LogP contribution >= 0.6 is 0 Å². The molecule has 2 N–H and O–H groups in total. The quantitative estimate of drug-likeness (QED) is 0.453. The van der Waals surface area contributed by atoms with Gasteiger partial charge < -0.3 is 10.2 Å². The van der Waals surface area contributed by atoms with Crippen molar-refractivity contribution in [3.05, 3.63) is 34.9 Å². The second-order valence-corrected chi connectivity index (χ2v) is 13.4. The molecule has 0 aromatic carbocycles. The minimum absolute atomic E-state index is 0.0364. The number of hydrogen-bond acceptors (Lipinski definition) is 2. The first-order valence-electron chi connectivity index (χ1n) is 13.2. The van der Waals surface area contributed by atoms with Crippen LogP contribution in [-0.2, 0) is 0 Å². The van der Waals surface area contributed by atoms with Crippen LogP contribution < -0.4 is 0 Å². The van der Waals surface area contributed by atoms with Crippen molar-refractivity contribution in [2.24, 2.45) is 39.4 Å². The minimum atomic E-state index is -0.329. The molecule has 0 aliphatic heterocycles. The topological polar surface area (TPSA) is 40.5 Å². The first-order chi connectivity index (χ1) is 14.8. The van der Waals surface area contributed by atoms with E-state index < -0.39 is 0 Å². The predicted molar refractivity (Wildman–Crippen MR) is 134 cm³/mol. The zero-order valence-corrected chi connectivity index (χ0v) is 22.0. The second-order valence-electron chi connectivity index (χ2n) is 13.4. The van der Waals surface area contributed by atoms with Gasteiger partial charge in [0.25, 0.3) is 0 Å². The number of allylic oxidation sites excluding steroid dienone is 5. The molecule has 0 aromatic rings. The summed E-state index contributed by atoms with van der Waals surface area (Å²) in [4.78, 5) is 0. The van der Waals surface area contributed by atoms with Crippen molar-refractivity contribution in [3.63, 3.8) is 0 Å². The molecule has 4 aliphatic carbocycles. The third-order valence-corrected chi connectivity index (χ3v) is 11.1. The molecular formula is C30H48O2. The first-order valence-corrected chi connectivity index (χ1v) is 13.2. The highest BCUT2D eigenvalue weighted by molar-refractivity contribution is 5.49. The van der Waals surface area contributed by atoms with E-state index in [-0.39, 0.29) is 33.9 Å². The Morgan fingerprint density at radius 2 is 1.75 bits per heavy atom. The summed E-state index contributed by atoms with van der Waals surface area (Å²) >= 11 is 0. The van der Waals surface area contributed by atoms with Gasteiger partial charge in [0.15, 0.2) is 0 Å². The van der Waals surface area contributed by atoms with E-state index in [1.54, 1.807) is 11.1 Å². The fourth-order valence-electron chi connectivity index (χ4n) is 8.94. The Labute approximate surface area is 197 Å². The lowest BCUT2D eigenvalue weighted by molar-refractivity contribution is -0.0851. The van der Waals surface area contributed by atoms with Gasteiger partial charge in [0.05, 0.1) is 12.2 Å². The van der Waals surface area contributed by atoms with Crippen molar-refractivity contribution in [1.29, 1.82) is 0 Å². The molecule has 2 saturated carbocycles. The highest BCUT2D eigenvalue weighted by Crippen LogP contribution is 2.71. The molecule has 180 valence electrons. The van der Waals surface area contributed by atoms with E-state index >= 15 is 0 Å². The van der Waals surface area contributed by atoms with Gasteiger partial charge in [-0.15, -0.1) is 0 Å². The van der Waals surface area contributed by atoms with Crippen molar-refractivity contribution in [1.82, 2.24) is 0 Å². The zero-order chi connectivity index (χ0) is 23.7. The summed E-state index contributed by atoms with van der Waals surface area (Å²) in [6.45, 7) is 18.7. The fourth-order valence-corrected chi connectivity index (χ4v) is 8.94. The van der Waals surface area contributed by atoms with E-state index in [1.807, 2.05) is 6.08 Å². The van der Waals surface area contributed by atoms with Crippen LogP contribution in [0, 0.1) is 39.4 Å². The van der Waals surface area contributed by atoms with Crippen LogP contribution in [-0.4, -0.2) is 22.4 Å². The summed E-state index contributed by atoms with van der Waals surface area (Å²) in [7, 11) is 0. The van der Waals surface area contributed by atoms with Gasteiger partial charge in [-0.1, -0.05) is 65.3 Å². The van der Waals surface area contributed by atoms with Crippen molar-refractivity contribution in [3.8, 4) is 0 Å². The van der Waals surface area contributed by atoms with E-state index in [4.69, 9.17) is 0 Å². The van der Waals surface area contributed by atoms with Crippen LogP contribution in [0.15, 0.2) is 34.9 Å². The van der Waals surface area contributed by atoms with E-state index in [0.717, 1.165) is 32.1 Å². The molecule has 4 rings (SSSR count). The van der Waals surface area contributed by atoms with Crippen LogP contribution in [0.2, 0.25) is 0 Å². The Bertz CT molecular complexity index is 843. The molecule has 2 nitrogen and oxygen atoms in total. The van der Waals surface area contributed by atoms with Gasteiger partial charge in [-0.25, -0.2) is 0 Å². The first kappa shape index (κ1) is 24.3. The maximum absolute atomic E-state index is 10.8. The van der Waals surface area contributed by atoms with E-state index in [9.17, 15) is 10.2 Å². The van der Waals surface area contributed by atoms with Crippen LogP contribution in [0.4, 0.5) is 0 Å². The Hall–Kier alpha value is -0.860. The summed E-state index contributed by atoms with van der Waals surface area (Å²) in [5.74, 6) is 1.66. The van der Waals surface area contributed by atoms with Crippen molar-refractivity contribution < 1.29 is 10.2 Å². The molecule has 8 atom stereocenters. The smallest absolute Gasteiger partial charge is 0.0726 e. The molecule has 4 aliphatic rings. The molecule has 0 unspecified atom stereocenters. The molecule has 0 spiro atoms. The van der Waals surface area contributed by atoms with Gasteiger partial charge in [-0.2, -0.15) is 0 Å². The highest BCUT2D eigenvalue weighted by atomic mass is 16.3. The predicted octanol–water partition coefficient (Wildman–Crippen LogP) is 7.23. The average Bonchev–Trinajstić information content (AvgIpc) is 2.96. The summed E-state index contributed by atoms with van der Waals surface area (Å²) in [5.41, 5.74) is 5.06. The molecular weight excluding hydrogens is 392 g/mol. The largest absolute Gasteiger partial charge is 0.393 e. The van der Waals surface area contributed by atoms with Gasteiger partial charge in [-0.3, -0.25) is 0 Å². The van der Waals surface area contributed by atoms with Crippen molar-refractivity contribution in [2.75, 3.05) is 0 Å². The Kier molecular flexibility index (Phi) is 5.95.